The lowest BCUT2D eigenvalue weighted by Crippen LogP contribution is -2.64. The molecule has 6 nitrogen and oxygen atoms in total. The largest absolute Gasteiger partial charge is 0.394 e. The number of methoxy groups -OCH3 is 1. The van der Waals surface area contributed by atoms with E-state index in [1.165, 1.54) is 7.11 Å². The molecule has 1 saturated heterocycles. The number of unbranched alkanes of at least 4 members (excludes halogenated alkanes) is 1. The summed E-state index contributed by atoms with van der Waals surface area (Å²) in [5.74, 6) is 0. The molecular formula is C11H23NO5. The zero-order valence-electron chi connectivity index (χ0n) is 10.4. The van der Waals surface area contributed by atoms with Crippen molar-refractivity contribution in [1.29, 1.82) is 0 Å². The van der Waals surface area contributed by atoms with Crippen LogP contribution in [0.3, 0.4) is 0 Å². The van der Waals surface area contributed by atoms with Gasteiger partial charge in [-0.1, -0.05) is 13.3 Å². The first-order valence-corrected chi connectivity index (χ1v) is 6.04. The van der Waals surface area contributed by atoms with Gasteiger partial charge in [-0.2, -0.15) is 0 Å². The second-order valence-corrected chi connectivity index (χ2v) is 4.28. The van der Waals surface area contributed by atoms with E-state index in [4.69, 9.17) is 14.6 Å². The fraction of sp³-hybridized carbons (Fsp3) is 1.00. The first kappa shape index (κ1) is 14.8. The van der Waals surface area contributed by atoms with Gasteiger partial charge in [0.05, 0.1) is 12.6 Å². The fourth-order valence-electron chi connectivity index (χ4n) is 1.97. The molecule has 0 aliphatic carbocycles. The Morgan fingerprint density at radius 3 is 2.53 bits per heavy atom. The maximum Gasteiger partial charge on any atom is 0.185 e. The summed E-state index contributed by atoms with van der Waals surface area (Å²) < 4.78 is 10.2. The van der Waals surface area contributed by atoms with Crippen molar-refractivity contribution >= 4 is 0 Å². The van der Waals surface area contributed by atoms with Crippen LogP contribution < -0.4 is 5.32 Å². The van der Waals surface area contributed by atoms with Gasteiger partial charge < -0.3 is 30.1 Å². The van der Waals surface area contributed by atoms with Gasteiger partial charge in [0, 0.05) is 7.11 Å². The van der Waals surface area contributed by atoms with E-state index in [0.717, 1.165) is 12.8 Å². The number of aliphatic hydroxyl groups excluding tert-OH is 3. The van der Waals surface area contributed by atoms with E-state index in [9.17, 15) is 10.2 Å². The highest BCUT2D eigenvalue weighted by Crippen LogP contribution is 2.21. The molecule has 0 aromatic heterocycles. The predicted octanol–water partition coefficient (Wildman–Crippen LogP) is -1.17. The Balaban J connectivity index is 2.61. The molecular weight excluding hydrogens is 226 g/mol. The minimum Gasteiger partial charge on any atom is -0.394 e. The van der Waals surface area contributed by atoms with E-state index in [2.05, 4.69) is 12.2 Å². The summed E-state index contributed by atoms with van der Waals surface area (Å²) in [7, 11) is 1.42. The zero-order chi connectivity index (χ0) is 12.8. The van der Waals surface area contributed by atoms with Crippen LogP contribution in [0.5, 0.6) is 0 Å². The van der Waals surface area contributed by atoms with Crippen molar-refractivity contribution in [1.82, 2.24) is 5.32 Å². The lowest BCUT2D eigenvalue weighted by Gasteiger charge is -2.42. The normalized spacial score (nSPS) is 38.3. The highest BCUT2D eigenvalue weighted by Gasteiger charge is 2.44. The Morgan fingerprint density at radius 2 is 2.00 bits per heavy atom. The molecule has 6 heteroatoms. The SMILES string of the molecule is CCCCN[C@@H]1[C@@H](O)[C@@H](OC)O[C@H](CO)[C@H]1O. The molecule has 0 spiro atoms. The second-order valence-electron chi connectivity index (χ2n) is 4.28. The fourth-order valence-corrected chi connectivity index (χ4v) is 1.97. The summed E-state index contributed by atoms with van der Waals surface area (Å²) >= 11 is 0. The molecule has 17 heavy (non-hydrogen) atoms. The minimum absolute atomic E-state index is 0.306. The Labute approximate surface area is 102 Å². The van der Waals surface area contributed by atoms with Gasteiger partial charge in [0.1, 0.15) is 18.3 Å². The van der Waals surface area contributed by atoms with Crippen molar-refractivity contribution in [3.63, 3.8) is 0 Å². The van der Waals surface area contributed by atoms with Crippen molar-refractivity contribution in [2.75, 3.05) is 20.3 Å². The van der Waals surface area contributed by atoms with Crippen LogP contribution in [0.4, 0.5) is 0 Å². The average Bonchev–Trinajstić information content (AvgIpc) is 2.34. The van der Waals surface area contributed by atoms with E-state index in [0.29, 0.717) is 6.54 Å². The molecule has 0 aromatic carbocycles. The second kappa shape index (κ2) is 7.25. The van der Waals surface area contributed by atoms with E-state index in [1.54, 1.807) is 0 Å². The van der Waals surface area contributed by atoms with Crippen molar-refractivity contribution < 1.29 is 24.8 Å². The highest BCUT2D eigenvalue weighted by molar-refractivity contribution is 4.93. The van der Waals surface area contributed by atoms with Gasteiger partial charge in [0.2, 0.25) is 0 Å². The molecule has 1 aliphatic rings. The number of hydrogen-bond acceptors (Lipinski definition) is 6. The maximum atomic E-state index is 9.96. The zero-order valence-corrected chi connectivity index (χ0v) is 10.4. The van der Waals surface area contributed by atoms with Crippen LogP contribution in [0, 0.1) is 0 Å². The van der Waals surface area contributed by atoms with Crippen molar-refractivity contribution in [2.24, 2.45) is 0 Å². The Kier molecular flexibility index (Phi) is 6.32. The molecule has 0 aromatic rings. The number of nitrogens with one attached hydrogen (secondary N) is 1. The molecule has 102 valence electrons. The van der Waals surface area contributed by atoms with E-state index in [1.807, 2.05) is 0 Å². The molecule has 0 saturated carbocycles. The van der Waals surface area contributed by atoms with Gasteiger partial charge in [-0.25, -0.2) is 0 Å². The lowest BCUT2D eigenvalue weighted by molar-refractivity contribution is -0.271. The summed E-state index contributed by atoms with van der Waals surface area (Å²) in [6.45, 7) is 2.45. The first-order chi connectivity index (χ1) is 8.15. The van der Waals surface area contributed by atoms with Crippen LogP contribution >= 0.6 is 0 Å². The number of ether oxygens (including phenoxy) is 2. The number of rotatable bonds is 6. The molecule has 0 bridgehead atoms. The third-order valence-electron chi connectivity index (χ3n) is 3.03. The molecule has 1 aliphatic heterocycles. The molecule has 0 unspecified atom stereocenters. The van der Waals surface area contributed by atoms with Crippen LogP contribution in [0.25, 0.3) is 0 Å². The summed E-state index contributed by atoms with van der Waals surface area (Å²) in [5, 5.41) is 32.1. The Bertz CT molecular complexity index is 200. The van der Waals surface area contributed by atoms with Crippen LogP contribution in [0.2, 0.25) is 0 Å². The van der Waals surface area contributed by atoms with E-state index < -0.39 is 30.6 Å². The third-order valence-corrected chi connectivity index (χ3v) is 3.03. The Hall–Kier alpha value is -0.240. The van der Waals surface area contributed by atoms with E-state index >= 15 is 0 Å². The summed E-state index contributed by atoms with van der Waals surface area (Å²) in [6.07, 6.45) is -1.47. The molecule has 1 rings (SSSR count). The van der Waals surface area contributed by atoms with Gasteiger partial charge in [0.25, 0.3) is 0 Å². The number of hydrogen-bond donors (Lipinski definition) is 4. The molecule has 4 N–H and O–H groups in total. The van der Waals surface area contributed by atoms with Gasteiger partial charge >= 0.3 is 0 Å². The number of aliphatic hydroxyl groups is 3. The minimum atomic E-state index is -0.949. The molecule has 1 fully saturated rings. The topological polar surface area (TPSA) is 91.2 Å². The average molecular weight is 249 g/mol. The van der Waals surface area contributed by atoms with Crippen LogP contribution in [-0.2, 0) is 9.47 Å². The smallest absolute Gasteiger partial charge is 0.185 e. The molecule has 0 radical (unpaired) electrons. The molecule has 0 amide bonds. The van der Waals surface area contributed by atoms with Gasteiger partial charge in [-0.3, -0.25) is 0 Å². The van der Waals surface area contributed by atoms with Crippen LogP contribution in [-0.4, -0.2) is 66.2 Å². The quantitative estimate of drug-likeness (QED) is 0.443. The molecule has 1 heterocycles. The van der Waals surface area contributed by atoms with Crippen molar-refractivity contribution in [3.8, 4) is 0 Å². The lowest BCUT2D eigenvalue weighted by atomic mass is 9.96. The van der Waals surface area contributed by atoms with Gasteiger partial charge in [0.15, 0.2) is 6.29 Å². The monoisotopic (exact) mass is 249 g/mol. The first-order valence-electron chi connectivity index (χ1n) is 6.04. The molecule has 5 atom stereocenters. The highest BCUT2D eigenvalue weighted by atomic mass is 16.7. The van der Waals surface area contributed by atoms with Crippen LogP contribution in [0.1, 0.15) is 19.8 Å². The predicted molar refractivity (Wildman–Crippen MR) is 61.5 cm³/mol. The standard InChI is InChI=1S/C11H23NO5/c1-3-4-5-12-8-9(14)7(6-13)17-11(16-2)10(8)15/h7-15H,3-6H2,1-2H3/t7-,8+,9-,10-,11+/m1/s1. The van der Waals surface area contributed by atoms with Crippen LogP contribution in [0.15, 0.2) is 0 Å². The van der Waals surface area contributed by atoms with Gasteiger partial charge in [-0.15, -0.1) is 0 Å². The summed E-state index contributed by atoms with van der Waals surface area (Å²) in [5.41, 5.74) is 0. The maximum absolute atomic E-state index is 9.96. The summed E-state index contributed by atoms with van der Waals surface area (Å²) in [6, 6.07) is -0.544. The van der Waals surface area contributed by atoms with E-state index in [-0.39, 0.29) is 6.61 Å². The van der Waals surface area contributed by atoms with Crippen molar-refractivity contribution in [2.45, 2.75) is 50.4 Å². The van der Waals surface area contributed by atoms with Gasteiger partial charge in [-0.05, 0) is 13.0 Å². The third kappa shape index (κ3) is 3.61. The Morgan fingerprint density at radius 1 is 1.29 bits per heavy atom. The van der Waals surface area contributed by atoms with Crippen molar-refractivity contribution in [3.05, 3.63) is 0 Å². The summed E-state index contributed by atoms with van der Waals surface area (Å²) in [4.78, 5) is 0.